The van der Waals surface area contributed by atoms with Gasteiger partial charge >= 0.3 is 0 Å². The van der Waals surface area contributed by atoms with Crippen molar-refractivity contribution in [3.05, 3.63) is 184 Å². The Labute approximate surface area is 261 Å². The molecule has 0 heterocycles. The highest BCUT2D eigenvalue weighted by Crippen LogP contribution is 2.28. The van der Waals surface area contributed by atoms with E-state index in [0.717, 1.165) is 21.6 Å². The fourth-order valence-corrected chi connectivity index (χ4v) is 5.94. The maximum Gasteiger partial charge on any atom is 0.00610 e. The minimum absolute atomic E-state index is 0.296. The van der Waals surface area contributed by atoms with Gasteiger partial charge in [-0.05, 0) is 90.4 Å². The SMILES string of the molecule is C=C(/C=C\c1ccc2ccccc2c1C)c1ccc(C(C)c2ccc(/C(C)=C/C=c3/ccc4ccccc4c3=C)cc2)cc1. The van der Waals surface area contributed by atoms with Gasteiger partial charge in [0.25, 0.3) is 0 Å². The van der Waals surface area contributed by atoms with Gasteiger partial charge in [0.2, 0.25) is 0 Å². The van der Waals surface area contributed by atoms with Gasteiger partial charge in [-0.1, -0.05) is 166 Å². The first-order valence-corrected chi connectivity index (χ1v) is 15.3. The summed E-state index contributed by atoms with van der Waals surface area (Å²) in [7, 11) is 0. The van der Waals surface area contributed by atoms with Crippen LogP contribution in [0.5, 0.6) is 0 Å². The van der Waals surface area contributed by atoms with E-state index in [1.165, 1.54) is 54.9 Å². The second-order valence-electron chi connectivity index (χ2n) is 11.7. The number of fused-ring (bicyclic) bond motifs is 2. The fourth-order valence-electron chi connectivity index (χ4n) is 5.94. The van der Waals surface area contributed by atoms with Crippen LogP contribution < -0.4 is 10.4 Å². The summed E-state index contributed by atoms with van der Waals surface area (Å²) in [5.74, 6) is 0.296. The molecule has 6 aromatic rings. The fraction of sp³-hybridized carbons (Fsp3) is 0.0909. The molecule has 0 N–H and O–H groups in total. The second kappa shape index (κ2) is 12.6. The van der Waals surface area contributed by atoms with Gasteiger partial charge in [-0.2, -0.15) is 0 Å². The lowest BCUT2D eigenvalue weighted by atomic mass is 9.90. The van der Waals surface area contributed by atoms with Crippen LogP contribution in [0, 0.1) is 6.92 Å². The molecule has 0 amide bonds. The van der Waals surface area contributed by atoms with E-state index >= 15 is 0 Å². The molecule has 0 fully saturated rings. The summed E-state index contributed by atoms with van der Waals surface area (Å²) < 4.78 is 0. The molecule has 0 heteroatoms. The molecule has 0 saturated heterocycles. The summed E-state index contributed by atoms with van der Waals surface area (Å²) in [6, 6.07) is 43.4. The number of rotatable bonds is 7. The third-order valence-corrected chi connectivity index (χ3v) is 8.94. The largest absolute Gasteiger partial charge is 0.0912 e. The van der Waals surface area contributed by atoms with Crippen molar-refractivity contribution in [2.45, 2.75) is 26.7 Å². The molecular weight excluding hydrogens is 528 g/mol. The van der Waals surface area contributed by atoms with Gasteiger partial charge in [0, 0.05) is 5.92 Å². The van der Waals surface area contributed by atoms with Crippen molar-refractivity contribution in [1.82, 2.24) is 0 Å². The smallest absolute Gasteiger partial charge is 0.00610 e. The molecule has 0 aliphatic rings. The van der Waals surface area contributed by atoms with Gasteiger partial charge in [-0.25, -0.2) is 0 Å². The van der Waals surface area contributed by atoms with Crippen LogP contribution in [0.2, 0.25) is 0 Å². The molecule has 0 saturated carbocycles. The van der Waals surface area contributed by atoms with Gasteiger partial charge in [-0.15, -0.1) is 0 Å². The number of benzene rings is 6. The van der Waals surface area contributed by atoms with Crippen molar-refractivity contribution >= 4 is 51.4 Å². The van der Waals surface area contributed by atoms with Crippen molar-refractivity contribution < 1.29 is 0 Å². The van der Waals surface area contributed by atoms with Crippen molar-refractivity contribution in [3.8, 4) is 0 Å². The molecule has 0 aromatic heterocycles. The quantitative estimate of drug-likeness (QED) is 0.169. The number of hydrogen-bond acceptors (Lipinski definition) is 0. The summed E-state index contributed by atoms with van der Waals surface area (Å²) in [4.78, 5) is 0. The monoisotopic (exact) mass is 566 g/mol. The zero-order valence-electron chi connectivity index (χ0n) is 25.8. The van der Waals surface area contributed by atoms with E-state index in [4.69, 9.17) is 0 Å². The maximum atomic E-state index is 4.35. The molecule has 214 valence electrons. The summed E-state index contributed by atoms with van der Waals surface area (Å²) in [6.45, 7) is 15.3. The Bertz CT molecular complexity index is 2150. The predicted molar refractivity (Wildman–Crippen MR) is 194 cm³/mol. The highest BCUT2D eigenvalue weighted by molar-refractivity contribution is 5.89. The van der Waals surface area contributed by atoms with Crippen LogP contribution >= 0.6 is 0 Å². The third kappa shape index (κ3) is 5.98. The molecular formula is C44H38. The average molecular weight is 567 g/mol. The lowest BCUT2D eigenvalue weighted by Gasteiger charge is -2.14. The minimum Gasteiger partial charge on any atom is -0.0912 e. The molecule has 0 bridgehead atoms. The first-order chi connectivity index (χ1) is 21.4. The number of hydrogen-bond donors (Lipinski definition) is 0. The van der Waals surface area contributed by atoms with Gasteiger partial charge in [0.15, 0.2) is 0 Å². The lowest BCUT2D eigenvalue weighted by molar-refractivity contribution is 0.922. The van der Waals surface area contributed by atoms with E-state index in [0.29, 0.717) is 5.92 Å². The molecule has 0 radical (unpaired) electrons. The molecule has 0 spiro atoms. The van der Waals surface area contributed by atoms with E-state index < -0.39 is 0 Å². The topological polar surface area (TPSA) is 0 Å². The Morgan fingerprint density at radius 1 is 0.659 bits per heavy atom. The Balaban J connectivity index is 1.14. The summed E-state index contributed by atoms with van der Waals surface area (Å²) in [5, 5.41) is 7.22. The first kappa shape index (κ1) is 28.9. The van der Waals surface area contributed by atoms with Crippen LogP contribution in [0.15, 0.2) is 140 Å². The number of aryl methyl sites for hydroxylation is 1. The van der Waals surface area contributed by atoms with Crippen LogP contribution in [-0.4, -0.2) is 0 Å². The zero-order chi connectivity index (χ0) is 30.6. The lowest BCUT2D eigenvalue weighted by Crippen LogP contribution is -2.23. The Kier molecular flexibility index (Phi) is 8.26. The molecule has 6 aromatic carbocycles. The first-order valence-electron chi connectivity index (χ1n) is 15.3. The van der Waals surface area contributed by atoms with Crippen molar-refractivity contribution in [1.29, 1.82) is 0 Å². The third-order valence-electron chi connectivity index (χ3n) is 8.94. The molecule has 1 atom stereocenters. The van der Waals surface area contributed by atoms with Crippen LogP contribution in [0.4, 0.5) is 0 Å². The summed E-state index contributed by atoms with van der Waals surface area (Å²) in [5.41, 5.74) is 9.72. The van der Waals surface area contributed by atoms with E-state index in [-0.39, 0.29) is 0 Å². The highest BCUT2D eigenvalue weighted by atomic mass is 14.1. The predicted octanol–water partition coefficient (Wildman–Crippen LogP) is 10.5. The molecule has 0 aliphatic heterocycles. The summed E-state index contributed by atoms with van der Waals surface area (Å²) >= 11 is 0. The van der Waals surface area contributed by atoms with Gasteiger partial charge < -0.3 is 0 Å². The Hall–Kier alpha value is -5.20. The van der Waals surface area contributed by atoms with Crippen LogP contribution in [0.3, 0.4) is 0 Å². The molecule has 44 heavy (non-hydrogen) atoms. The van der Waals surface area contributed by atoms with Crippen molar-refractivity contribution in [2.75, 3.05) is 0 Å². The van der Waals surface area contributed by atoms with Gasteiger partial charge in [-0.3, -0.25) is 0 Å². The van der Waals surface area contributed by atoms with Crippen LogP contribution in [-0.2, 0) is 0 Å². The highest BCUT2D eigenvalue weighted by Gasteiger charge is 2.09. The van der Waals surface area contributed by atoms with Crippen LogP contribution in [0.1, 0.15) is 53.1 Å². The standard InChI is InChI=1S/C44H38/c1-30(14-16-39-26-28-41-10-6-8-12-43(41)33(39)4)35-18-22-37(23-19-35)32(3)38-24-20-36(21-25-38)31(2)15-17-40-27-29-42-11-7-9-13-44(42)34(40)5/h6-29,32H,1,5H2,2-4H3/b16-14-,31-15+,40-17-. The molecule has 0 aliphatic carbocycles. The zero-order valence-corrected chi connectivity index (χ0v) is 25.8. The normalized spacial score (nSPS) is 13.2. The van der Waals surface area contributed by atoms with Crippen molar-refractivity contribution in [2.24, 2.45) is 0 Å². The van der Waals surface area contributed by atoms with E-state index in [1.54, 1.807) is 0 Å². The second-order valence-corrected chi connectivity index (χ2v) is 11.7. The summed E-state index contributed by atoms with van der Waals surface area (Å²) in [6.07, 6.45) is 8.67. The Morgan fingerprint density at radius 3 is 1.91 bits per heavy atom. The molecule has 1 unspecified atom stereocenters. The Morgan fingerprint density at radius 2 is 1.23 bits per heavy atom. The minimum atomic E-state index is 0.296. The molecule has 6 rings (SSSR count). The number of allylic oxidation sites excluding steroid dienone is 4. The maximum absolute atomic E-state index is 4.35. The molecule has 0 nitrogen and oxygen atoms in total. The van der Waals surface area contributed by atoms with Crippen LogP contribution in [0.25, 0.3) is 51.4 Å². The van der Waals surface area contributed by atoms with E-state index in [2.05, 4.69) is 180 Å². The van der Waals surface area contributed by atoms with E-state index in [9.17, 15) is 0 Å². The van der Waals surface area contributed by atoms with Gasteiger partial charge in [0.1, 0.15) is 0 Å². The van der Waals surface area contributed by atoms with Crippen molar-refractivity contribution in [3.63, 3.8) is 0 Å². The van der Waals surface area contributed by atoms with E-state index in [1.807, 2.05) is 0 Å². The van der Waals surface area contributed by atoms with Gasteiger partial charge in [0.05, 0.1) is 0 Å². The average Bonchev–Trinajstić information content (AvgIpc) is 3.07.